The van der Waals surface area contributed by atoms with Crippen molar-refractivity contribution in [1.29, 1.82) is 0 Å². The quantitative estimate of drug-likeness (QED) is 0.652. The average Bonchev–Trinajstić information content (AvgIpc) is 2.16. The molecule has 0 atom stereocenters. The van der Waals surface area contributed by atoms with Crippen LogP contribution in [0.1, 0.15) is 32.6 Å². The zero-order valence-corrected chi connectivity index (χ0v) is 8.45. The first-order valence-electron chi connectivity index (χ1n) is 5.10. The van der Waals surface area contributed by atoms with Gasteiger partial charge in [-0.3, -0.25) is 4.79 Å². The molecule has 1 amide bonds. The van der Waals surface area contributed by atoms with Gasteiger partial charge in [0, 0.05) is 6.54 Å². The SMILES string of the molecule is CC1CCC(CNC(=O)C(=O)O)CC1. The summed E-state index contributed by atoms with van der Waals surface area (Å²) in [5.74, 6) is -1.03. The molecule has 1 rings (SSSR count). The Labute approximate surface area is 83.7 Å². The Bertz CT molecular complexity index is 219. The minimum atomic E-state index is -1.39. The van der Waals surface area contributed by atoms with Gasteiger partial charge in [-0.2, -0.15) is 0 Å². The maximum Gasteiger partial charge on any atom is 0.394 e. The van der Waals surface area contributed by atoms with Crippen molar-refractivity contribution >= 4 is 11.9 Å². The van der Waals surface area contributed by atoms with Crippen LogP contribution in [0.2, 0.25) is 0 Å². The van der Waals surface area contributed by atoms with Crippen molar-refractivity contribution in [2.45, 2.75) is 32.6 Å². The van der Waals surface area contributed by atoms with E-state index in [4.69, 9.17) is 5.11 Å². The summed E-state index contributed by atoms with van der Waals surface area (Å²) in [6.45, 7) is 2.74. The molecule has 80 valence electrons. The highest BCUT2D eigenvalue weighted by Crippen LogP contribution is 2.27. The van der Waals surface area contributed by atoms with Crippen molar-refractivity contribution in [2.75, 3.05) is 6.54 Å². The lowest BCUT2D eigenvalue weighted by atomic mass is 9.83. The molecule has 0 spiro atoms. The van der Waals surface area contributed by atoms with Gasteiger partial charge in [-0.25, -0.2) is 4.79 Å². The van der Waals surface area contributed by atoms with E-state index in [-0.39, 0.29) is 0 Å². The van der Waals surface area contributed by atoms with Gasteiger partial charge in [0.2, 0.25) is 0 Å². The zero-order valence-electron chi connectivity index (χ0n) is 8.45. The van der Waals surface area contributed by atoms with Gasteiger partial charge in [-0.1, -0.05) is 19.8 Å². The van der Waals surface area contributed by atoms with Gasteiger partial charge in [0.05, 0.1) is 0 Å². The van der Waals surface area contributed by atoms with Gasteiger partial charge in [-0.05, 0) is 24.7 Å². The first kappa shape index (κ1) is 11.0. The van der Waals surface area contributed by atoms with Gasteiger partial charge in [0.1, 0.15) is 0 Å². The van der Waals surface area contributed by atoms with Crippen LogP contribution in [0.4, 0.5) is 0 Å². The number of amides is 1. The molecule has 1 aliphatic rings. The highest BCUT2D eigenvalue weighted by Gasteiger charge is 2.19. The summed E-state index contributed by atoms with van der Waals surface area (Å²) in [6, 6.07) is 0. The Morgan fingerprint density at radius 1 is 1.29 bits per heavy atom. The third-order valence-corrected chi connectivity index (χ3v) is 2.88. The lowest BCUT2D eigenvalue weighted by molar-refractivity contribution is -0.150. The molecule has 0 heterocycles. The molecule has 0 aliphatic heterocycles. The molecule has 0 aromatic carbocycles. The molecule has 0 radical (unpaired) electrons. The summed E-state index contributed by atoms with van der Waals surface area (Å²) in [6.07, 6.45) is 4.57. The lowest BCUT2D eigenvalue weighted by Gasteiger charge is -2.25. The molecule has 0 unspecified atom stereocenters. The van der Waals surface area contributed by atoms with Crippen LogP contribution in [-0.2, 0) is 9.59 Å². The third-order valence-electron chi connectivity index (χ3n) is 2.88. The van der Waals surface area contributed by atoms with Crippen LogP contribution < -0.4 is 5.32 Å². The van der Waals surface area contributed by atoms with Crippen molar-refractivity contribution in [2.24, 2.45) is 11.8 Å². The molecular weight excluding hydrogens is 182 g/mol. The molecule has 1 saturated carbocycles. The van der Waals surface area contributed by atoms with E-state index in [1.54, 1.807) is 0 Å². The minimum Gasteiger partial charge on any atom is -0.474 e. The van der Waals surface area contributed by atoms with Crippen LogP contribution in [0, 0.1) is 11.8 Å². The van der Waals surface area contributed by atoms with Crippen molar-refractivity contribution in [3.63, 3.8) is 0 Å². The Hall–Kier alpha value is -1.06. The number of carboxylic acid groups (broad SMARTS) is 1. The third kappa shape index (κ3) is 3.36. The monoisotopic (exact) mass is 199 g/mol. The Kier molecular flexibility index (Phi) is 3.92. The summed E-state index contributed by atoms with van der Waals surface area (Å²) in [4.78, 5) is 21.0. The predicted molar refractivity (Wildman–Crippen MR) is 51.8 cm³/mol. The Balaban J connectivity index is 2.19. The zero-order chi connectivity index (χ0) is 10.6. The fourth-order valence-electron chi connectivity index (χ4n) is 1.85. The molecule has 4 nitrogen and oxygen atoms in total. The molecule has 4 heteroatoms. The van der Waals surface area contributed by atoms with E-state index in [9.17, 15) is 9.59 Å². The second-order valence-corrected chi connectivity index (χ2v) is 4.14. The van der Waals surface area contributed by atoms with Gasteiger partial charge in [0.15, 0.2) is 0 Å². The van der Waals surface area contributed by atoms with Gasteiger partial charge >= 0.3 is 11.9 Å². The average molecular weight is 199 g/mol. The van der Waals surface area contributed by atoms with E-state index >= 15 is 0 Å². The second kappa shape index (κ2) is 4.98. The smallest absolute Gasteiger partial charge is 0.394 e. The van der Waals surface area contributed by atoms with Crippen LogP contribution in [-0.4, -0.2) is 23.5 Å². The topological polar surface area (TPSA) is 66.4 Å². The number of rotatable bonds is 2. The number of hydrogen-bond acceptors (Lipinski definition) is 2. The highest BCUT2D eigenvalue weighted by atomic mass is 16.4. The standard InChI is InChI=1S/C10H17NO3/c1-7-2-4-8(5-3-7)6-11-9(12)10(13)14/h7-8H,2-6H2,1H3,(H,11,12)(H,13,14). The van der Waals surface area contributed by atoms with E-state index < -0.39 is 11.9 Å². The van der Waals surface area contributed by atoms with Crippen LogP contribution >= 0.6 is 0 Å². The largest absolute Gasteiger partial charge is 0.474 e. The molecule has 2 N–H and O–H groups in total. The number of carbonyl (C=O) groups excluding carboxylic acids is 1. The molecule has 0 bridgehead atoms. The molecule has 1 fully saturated rings. The first-order valence-corrected chi connectivity index (χ1v) is 5.10. The minimum absolute atomic E-state index is 0.467. The molecule has 14 heavy (non-hydrogen) atoms. The summed E-state index contributed by atoms with van der Waals surface area (Å²) >= 11 is 0. The molecule has 1 aliphatic carbocycles. The molecule has 0 aromatic heterocycles. The number of aliphatic carboxylic acids is 1. The maximum absolute atomic E-state index is 10.7. The van der Waals surface area contributed by atoms with Crippen molar-refractivity contribution in [3.8, 4) is 0 Å². The highest BCUT2D eigenvalue weighted by molar-refractivity contribution is 6.31. The predicted octanol–water partition coefficient (Wildman–Crippen LogP) is 1.01. The molecule has 0 aromatic rings. The summed E-state index contributed by atoms with van der Waals surface area (Å²) in [5, 5.41) is 10.8. The first-order chi connectivity index (χ1) is 6.59. The maximum atomic E-state index is 10.7. The Morgan fingerprint density at radius 2 is 1.86 bits per heavy atom. The van der Waals surface area contributed by atoms with Crippen LogP contribution in [0.15, 0.2) is 0 Å². The fourth-order valence-corrected chi connectivity index (χ4v) is 1.85. The molecular formula is C10H17NO3. The van der Waals surface area contributed by atoms with E-state index in [1.165, 1.54) is 12.8 Å². The van der Waals surface area contributed by atoms with E-state index in [0.29, 0.717) is 12.5 Å². The summed E-state index contributed by atoms with van der Waals surface area (Å²) < 4.78 is 0. The summed E-state index contributed by atoms with van der Waals surface area (Å²) in [7, 11) is 0. The van der Waals surface area contributed by atoms with Gasteiger partial charge in [0.25, 0.3) is 0 Å². The second-order valence-electron chi connectivity index (χ2n) is 4.14. The van der Waals surface area contributed by atoms with Crippen molar-refractivity contribution in [3.05, 3.63) is 0 Å². The number of hydrogen-bond donors (Lipinski definition) is 2. The van der Waals surface area contributed by atoms with E-state index in [0.717, 1.165) is 18.8 Å². The van der Waals surface area contributed by atoms with E-state index in [2.05, 4.69) is 12.2 Å². The number of carboxylic acids is 1. The fraction of sp³-hybridized carbons (Fsp3) is 0.800. The normalized spacial score (nSPS) is 26.9. The number of nitrogens with one attached hydrogen (secondary N) is 1. The van der Waals surface area contributed by atoms with Crippen LogP contribution in [0.5, 0.6) is 0 Å². The van der Waals surface area contributed by atoms with Crippen molar-refractivity contribution < 1.29 is 14.7 Å². The van der Waals surface area contributed by atoms with Gasteiger partial charge in [-0.15, -0.1) is 0 Å². The lowest BCUT2D eigenvalue weighted by Crippen LogP contribution is -2.35. The van der Waals surface area contributed by atoms with Crippen molar-refractivity contribution in [1.82, 2.24) is 5.32 Å². The van der Waals surface area contributed by atoms with Gasteiger partial charge < -0.3 is 10.4 Å². The van der Waals surface area contributed by atoms with E-state index in [1.807, 2.05) is 0 Å². The Morgan fingerprint density at radius 3 is 2.36 bits per heavy atom. The van der Waals surface area contributed by atoms with Crippen LogP contribution in [0.3, 0.4) is 0 Å². The molecule has 0 saturated heterocycles. The number of carbonyl (C=O) groups is 2. The van der Waals surface area contributed by atoms with Crippen LogP contribution in [0.25, 0.3) is 0 Å². The summed E-state index contributed by atoms with van der Waals surface area (Å²) in [5.41, 5.74) is 0.